The number of aliphatic hydroxyl groups is 1. The van der Waals surface area contributed by atoms with E-state index in [1.807, 2.05) is 48.5 Å². The molecule has 4 aromatic carbocycles. The van der Waals surface area contributed by atoms with Crippen molar-refractivity contribution in [2.45, 2.75) is 12.6 Å². The van der Waals surface area contributed by atoms with Crippen LogP contribution >= 0.6 is 0 Å². The van der Waals surface area contributed by atoms with Crippen LogP contribution in [0.2, 0.25) is 0 Å². The average molecular weight is 429 g/mol. The van der Waals surface area contributed by atoms with Crippen LogP contribution in [-0.4, -0.2) is 5.11 Å². The molecule has 0 aliphatic heterocycles. The lowest BCUT2D eigenvalue weighted by Crippen LogP contribution is -2.41. The average Bonchev–Trinajstić information content (AvgIpc) is 2.90. The first kappa shape index (κ1) is 20.9. The van der Waals surface area contributed by atoms with E-state index in [-0.39, 0.29) is 0 Å². The fraction of sp³-hybridized carbons (Fsp3) is 0.0645. The number of aliphatic hydroxyl groups excluding tert-OH is 1. The van der Waals surface area contributed by atoms with Crippen LogP contribution < -0.4 is 4.57 Å². The first-order chi connectivity index (χ1) is 16.3. The molecule has 0 aliphatic carbocycles. The molecule has 0 radical (unpaired) electrons. The summed E-state index contributed by atoms with van der Waals surface area (Å²) in [6.45, 7) is 0.452. The highest BCUT2D eigenvalue weighted by Crippen LogP contribution is 2.30. The van der Waals surface area contributed by atoms with Crippen molar-refractivity contribution >= 4 is 0 Å². The van der Waals surface area contributed by atoms with Gasteiger partial charge in [-0.05, 0) is 41.0 Å². The molecule has 1 atom stereocenters. The smallest absolute Gasteiger partial charge is 0.213 e. The van der Waals surface area contributed by atoms with Crippen molar-refractivity contribution in [3.05, 3.63) is 139 Å². The summed E-state index contributed by atoms with van der Waals surface area (Å²) < 4.78 is 2.24. The van der Waals surface area contributed by atoms with Gasteiger partial charge in [0.15, 0.2) is 6.54 Å². The number of benzene rings is 4. The van der Waals surface area contributed by atoms with Crippen LogP contribution in [0.4, 0.5) is 0 Å². The second-order valence-electron chi connectivity index (χ2n) is 8.15. The first-order valence-corrected chi connectivity index (χ1v) is 11.3. The third-order valence-electron chi connectivity index (χ3n) is 5.95. The van der Waals surface area contributed by atoms with Gasteiger partial charge in [0.2, 0.25) is 11.4 Å². The molecule has 5 rings (SSSR count). The molecule has 2 nitrogen and oxygen atoms in total. The van der Waals surface area contributed by atoms with Gasteiger partial charge in [0, 0.05) is 23.3 Å². The van der Waals surface area contributed by atoms with Gasteiger partial charge in [-0.25, -0.2) is 0 Å². The van der Waals surface area contributed by atoms with Crippen LogP contribution in [0.3, 0.4) is 0 Å². The molecule has 0 saturated heterocycles. The van der Waals surface area contributed by atoms with Crippen molar-refractivity contribution in [1.82, 2.24) is 0 Å². The molecular weight excluding hydrogens is 402 g/mol. The maximum atomic E-state index is 11.2. The molecule has 0 spiro atoms. The van der Waals surface area contributed by atoms with E-state index >= 15 is 0 Å². The molecule has 5 aromatic rings. The van der Waals surface area contributed by atoms with E-state index in [0.717, 1.165) is 33.6 Å². The largest absolute Gasteiger partial charge is 0.382 e. The Hall–Kier alpha value is -4.01. The second-order valence-corrected chi connectivity index (χ2v) is 8.15. The minimum Gasteiger partial charge on any atom is -0.382 e. The Labute approximate surface area is 195 Å². The minimum atomic E-state index is -0.622. The number of hydrogen-bond donors (Lipinski definition) is 1. The molecule has 0 bridgehead atoms. The van der Waals surface area contributed by atoms with Crippen LogP contribution in [-0.2, 0) is 6.54 Å². The fourth-order valence-electron chi connectivity index (χ4n) is 4.27. The summed E-state index contributed by atoms with van der Waals surface area (Å²) in [4.78, 5) is 0. The van der Waals surface area contributed by atoms with E-state index in [4.69, 9.17) is 0 Å². The molecule has 1 unspecified atom stereocenters. The van der Waals surface area contributed by atoms with Gasteiger partial charge in [-0.3, -0.25) is 0 Å². The molecule has 0 saturated carbocycles. The second kappa shape index (κ2) is 9.64. The van der Waals surface area contributed by atoms with Gasteiger partial charge >= 0.3 is 0 Å². The Balaban J connectivity index is 1.74. The first-order valence-electron chi connectivity index (χ1n) is 11.3. The van der Waals surface area contributed by atoms with Gasteiger partial charge in [0.05, 0.1) is 0 Å². The number of pyridine rings is 1. The minimum absolute atomic E-state index is 0.452. The molecule has 0 amide bonds. The summed E-state index contributed by atoms with van der Waals surface area (Å²) in [5.41, 5.74) is 7.62. The van der Waals surface area contributed by atoms with E-state index in [1.165, 1.54) is 5.56 Å². The maximum absolute atomic E-state index is 11.2. The van der Waals surface area contributed by atoms with Crippen molar-refractivity contribution < 1.29 is 9.67 Å². The van der Waals surface area contributed by atoms with Gasteiger partial charge < -0.3 is 5.11 Å². The highest BCUT2D eigenvalue weighted by atomic mass is 16.3. The molecule has 160 valence electrons. The third-order valence-corrected chi connectivity index (χ3v) is 5.95. The topological polar surface area (TPSA) is 24.1 Å². The van der Waals surface area contributed by atoms with Crippen molar-refractivity contribution in [1.29, 1.82) is 0 Å². The van der Waals surface area contributed by atoms with Crippen molar-refractivity contribution in [3.8, 4) is 33.6 Å². The van der Waals surface area contributed by atoms with Crippen LogP contribution in [0, 0.1) is 0 Å². The van der Waals surface area contributed by atoms with Gasteiger partial charge in [-0.2, -0.15) is 4.57 Å². The van der Waals surface area contributed by atoms with Crippen LogP contribution in [0.5, 0.6) is 0 Å². The monoisotopic (exact) mass is 428 g/mol. The molecule has 2 heteroatoms. The van der Waals surface area contributed by atoms with Crippen LogP contribution in [0.25, 0.3) is 33.6 Å². The van der Waals surface area contributed by atoms with E-state index in [1.54, 1.807) is 0 Å². The zero-order chi connectivity index (χ0) is 22.5. The third kappa shape index (κ3) is 4.62. The number of rotatable bonds is 6. The van der Waals surface area contributed by atoms with E-state index in [2.05, 4.69) is 89.5 Å². The van der Waals surface area contributed by atoms with Gasteiger partial charge in [0.25, 0.3) is 0 Å². The normalized spacial score (nSPS) is 11.8. The predicted octanol–water partition coefficient (Wildman–Crippen LogP) is 6.71. The molecule has 33 heavy (non-hydrogen) atoms. The number of nitrogens with zero attached hydrogens (tertiary/aromatic N) is 1. The lowest BCUT2D eigenvalue weighted by atomic mass is 9.98. The van der Waals surface area contributed by atoms with Crippen LogP contribution in [0.15, 0.2) is 133 Å². The molecule has 0 fully saturated rings. The predicted molar refractivity (Wildman–Crippen MR) is 134 cm³/mol. The molecular formula is C31H26NO+. The summed E-state index contributed by atoms with van der Waals surface area (Å²) in [5, 5.41) is 11.2. The summed E-state index contributed by atoms with van der Waals surface area (Å²) in [6.07, 6.45) is -0.622. The van der Waals surface area contributed by atoms with E-state index in [0.29, 0.717) is 6.54 Å². The van der Waals surface area contributed by atoms with Crippen molar-refractivity contribution in [2.75, 3.05) is 0 Å². The quantitative estimate of drug-likeness (QED) is 0.299. The Morgan fingerprint density at radius 1 is 0.485 bits per heavy atom. The summed E-state index contributed by atoms with van der Waals surface area (Å²) in [6, 6.07) is 45.6. The highest BCUT2D eigenvalue weighted by molar-refractivity contribution is 5.73. The number of hydrogen-bond acceptors (Lipinski definition) is 1. The lowest BCUT2D eigenvalue weighted by molar-refractivity contribution is -0.683. The number of aromatic nitrogens is 1. The summed E-state index contributed by atoms with van der Waals surface area (Å²) in [5.74, 6) is 0. The Morgan fingerprint density at radius 2 is 0.879 bits per heavy atom. The zero-order valence-corrected chi connectivity index (χ0v) is 18.4. The summed E-state index contributed by atoms with van der Waals surface area (Å²) in [7, 11) is 0. The lowest BCUT2D eigenvalue weighted by Gasteiger charge is -2.15. The van der Waals surface area contributed by atoms with Crippen LogP contribution in [0.1, 0.15) is 11.7 Å². The maximum Gasteiger partial charge on any atom is 0.213 e. The Morgan fingerprint density at radius 3 is 1.33 bits per heavy atom. The van der Waals surface area contributed by atoms with Gasteiger partial charge in [-0.15, -0.1) is 0 Å². The van der Waals surface area contributed by atoms with Gasteiger partial charge in [0.1, 0.15) is 6.10 Å². The van der Waals surface area contributed by atoms with E-state index in [9.17, 15) is 5.11 Å². The van der Waals surface area contributed by atoms with Crippen molar-refractivity contribution in [2.24, 2.45) is 0 Å². The van der Waals surface area contributed by atoms with E-state index < -0.39 is 6.10 Å². The summed E-state index contributed by atoms with van der Waals surface area (Å²) >= 11 is 0. The highest BCUT2D eigenvalue weighted by Gasteiger charge is 2.25. The Bertz CT molecular complexity index is 1260. The SMILES string of the molecule is OC(C[n+]1c(-c2ccccc2)cc(-c2ccccc2)cc1-c1ccccc1)c1ccccc1. The fourth-order valence-corrected chi connectivity index (χ4v) is 4.27. The standard InChI is InChI=1S/C31H26NO/c33-31(27-19-11-4-12-20-27)23-32-29(25-15-7-2-8-16-25)21-28(24-13-5-1-6-14-24)22-30(32)26-17-9-3-10-18-26/h1-22,31,33H,23H2/q+1. The molecule has 0 aliphatic rings. The van der Waals surface area contributed by atoms with Gasteiger partial charge in [-0.1, -0.05) is 97.1 Å². The molecule has 1 heterocycles. The van der Waals surface area contributed by atoms with Crippen molar-refractivity contribution in [3.63, 3.8) is 0 Å². The Kier molecular flexibility index (Phi) is 6.10. The molecule has 1 N–H and O–H groups in total. The zero-order valence-electron chi connectivity index (χ0n) is 18.4. The molecule has 1 aromatic heterocycles.